The summed E-state index contributed by atoms with van der Waals surface area (Å²) >= 11 is 1.23. The first-order valence-corrected chi connectivity index (χ1v) is 7.94. The molecule has 0 aliphatic carbocycles. The number of rotatable bonds is 6. The van der Waals surface area contributed by atoms with Gasteiger partial charge in [-0.15, -0.1) is 10.2 Å². The Bertz CT molecular complexity index is 751. The number of thioether (sulfide) groups is 1. The van der Waals surface area contributed by atoms with Crippen molar-refractivity contribution in [2.75, 3.05) is 0 Å². The van der Waals surface area contributed by atoms with Gasteiger partial charge >= 0.3 is 5.69 Å². The van der Waals surface area contributed by atoms with E-state index in [1.807, 2.05) is 13.8 Å². The quantitative estimate of drug-likeness (QED) is 0.677. The summed E-state index contributed by atoms with van der Waals surface area (Å²) in [7, 11) is 0. The molecule has 9 heteroatoms. The fraction of sp³-hybridized carbons (Fsp3) is 0.538. The number of aromatic nitrogens is 4. The Morgan fingerprint density at radius 1 is 1.32 bits per heavy atom. The molecule has 0 aliphatic rings. The molecule has 2 atom stereocenters. The summed E-state index contributed by atoms with van der Waals surface area (Å²) in [6, 6.07) is -0.301. The van der Waals surface area contributed by atoms with Gasteiger partial charge in [-0.2, -0.15) is 0 Å². The lowest BCUT2D eigenvalue weighted by atomic mass is 10.0. The lowest BCUT2D eigenvalue weighted by Crippen LogP contribution is -2.26. The lowest BCUT2D eigenvalue weighted by Gasteiger charge is -2.13. The number of nitrogens with two attached hydrogens (primary N) is 1. The van der Waals surface area contributed by atoms with Crippen LogP contribution in [0.4, 0.5) is 0 Å². The summed E-state index contributed by atoms with van der Waals surface area (Å²) in [5.74, 6) is 0.949. The molecule has 2 heterocycles. The molecule has 120 valence electrons. The van der Waals surface area contributed by atoms with Crippen LogP contribution >= 0.6 is 11.8 Å². The average molecular weight is 325 g/mol. The average Bonchev–Trinajstić information content (AvgIpc) is 2.93. The summed E-state index contributed by atoms with van der Waals surface area (Å²) in [4.78, 5) is 27.6. The largest absolute Gasteiger partial charge is 0.414 e. The predicted octanol–water partition coefficient (Wildman–Crippen LogP) is 1.09. The Hall–Kier alpha value is -1.87. The van der Waals surface area contributed by atoms with Gasteiger partial charge < -0.3 is 15.1 Å². The smallest absolute Gasteiger partial charge is 0.325 e. The second-order valence-electron chi connectivity index (χ2n) is 5.12. The van der Waals surface area contributed by atoms with Gasteiger partial charge in [0.2, 0.25) is 5.89 Å². The lowest BCUT2D eigenvalue weighted by molar-refractivity contribution is 0.333. The molecule has 0 saturated heterocycles. The van der Waals surface area contributed by atoms with E-state index < -0.39 is 11.2 Å². The zero-order valence-electron chi connectivity index (χ0n) is 12.7. The van der Waals surface area contributed by atoms with Crippen molar-refractivity contribution in [2.24, 2.45) is 11.7 Å². The molecule has 0 aromatic carbocycles. The van der Waals surface area contributed by atoms with E-state index in [-0.39, 0.29) is 12.0 Å². The van der Waals surface area contributed by atoms with Crippen LogP contribution in [0.2, 0.25) is 0 Å². The van der Waals surface area contributed by atoms with Gasteiger partial charge in [0, 0.05) is 17.0 Å². The molecular formula is C13H19N5O3S. The van der Waals surface area contributed by atoms with Crippen LogP contribution in [0.5, 0.6) is 0 Å². The molecule has 0 bridgehead atoms. The fourth-order valence-electron chi connectivity index (χ4n) is 1.84. The monoisotopic (exact) mass is 325 g/mol. The molecule has 4 N–H and O–H groups in total. The van der Waals surface area contributed by atoms with Crippen LogP contribution in [0.1, 0.15) is 43.5 Å². The first-order valence-electron chi connectivity index (χ1n) is 6.96. The van der Waals surface area contributed by atoms with Crippen LogP contribution in [-0.2, 0) is 5.75 Å². The summed E-state index contributed by atoms with van der Waals surface area (Å²) in [5, 5.41) is 8.22. The first-order chi connectivity index (χ1) is 10.4. The minimum Gasteiger partial charge on any atom is -0.414 e. The van der Waals surface area contributed by atoms with Crippen LogP contribution in [0.25, 0.3) is 0 Å². The van der Waals surface area contributed by atoms with Crippen molar-refractivity contribution in [3.05, 3.63) is 38.0 Å². The number of hydrogen-bond donors (Lipinski definition) is 3. The van der Waals surface area contributed by atoms with E-state index in [9.17, 15) is 9.59 Å². The summed E-state index contributed by atoms with van der Waals surface area (Å²) in [5.41, 5.74) is 6.10. The number of nitrogens with zero attached hydrogens (tertiary/aromatic N) is 2. The number of nitrogens with one attached hydrogen (secondary N) is 2. The first kappa shape index (κ1) is 16.5. The molecule has 0 spiro atoms. The molecule has 2 aromatic rings. The van der Waals surface area contributed by atoms with Crippen molar-refractivity contribution in [1.29, 1.82) is 0 Å². The Kier molecular flexibility index (Phi) is 5.19. The molecule has 0 saturated carbocycles. The minimum atomic E-state index is -0.518. The Morgan fingerprint density at radius 2 is 2.05 bits per heavy atom. The summed E-state index contributed by atoms with van der Waals surface area (Å²) in [6.07, 6.45) is 0.915. The summed E-state index contributed by atoms with van der Waals surface area (Å²) in [6.45, 7) is 5.73. The maximum absolute atomic E-state index is 11.7. The normalized spacial score (nSPS) is 14.0. The van der Waals surface area contributed by atoms with E-state index >= 15 is 0 Å². The predicted molar refractivity (Wildman–Crippen MR) is 82.7 cm³/mol. The van der Waals surface area contributed by atoms with Crippen molar-refractivity contribution in [3.8, 4) is 0 Å². The fourth-order valence-corrected chi connectivity index (χ4v) is 2.70. The van der Waals surface area contributed by atoms with Gasteiger partial charge in [0.25, 0.3) is 10.8 Å². The van der Waals surface area contributed by atoms with Crippen LogP contribution in [0.3, 0.4) is 0 Å². The van der Waals surface area contributed by atoms with Crippen molar-refractivity contribution in [2.45, 2.75) is 44.2 Å². The van der Waals surface area contributed by atoms with Crippen LogP contribution in [-0.4, -0.2) is 20.2 Å². The van der Waals surface area contributed by atoms with E-state index in [4.69, 9.17) is 10.2 Å². The van der Waals surface area contributed by atoms with Crippen molar-refractivity contribution in [1.82, 2.24) is 20.2 Å². The number of hydrogen-bond acceptors (Lipinski definition) is 7. The molecule has 8 nitrogen and oxygen atoms in total. The molecule has 2 rings (SSSR count). The molecule has 0 radical (unpaired) electrons. The van der Waals surface area contributed by atoms with E-state index in [1.165, 1.54) is 11.8 Å². The zero-order chi connectivity index (χ0) is 16.3. The highest BCUT2D eigenvalue weighted by Crippen LogP contribution is 2.25. The van der Waals surface area contributed by atoms with Gasteiger partial charge in [0.15, 0.2) is 0 Å². The van der Waals surface area contributed by atoms with Crippen molar-refractivity contribution >= 4 is 11.8 Å². The SMILES string of the molecule is CC[C@H](C)[C@H](N)c1nnc(SCc2c(C)[nH]c(=O)[nH]c2=O)o1. The van der Waals surface area contributed by atoms with Gasteiger partial charge in [0.05, 0.1) is 6.04 Å². The van der Waals surface area contributed by atoms with Crippen molar-refractivity contribution in [3.63, 3.8) is 0 Å². The van der Waals surface area contributed by atoms with E-state index in [1.54, 1.807) is 6.92 Å². The van der Waals surface area contributed by atoms with Crippen molar-refractivity contribution < 1.29 is 4.42 Å². The van der Waals surface area contributed by atoms with Gasteiger partial charge in [-0.25, -0.2) is 4.79 Å². The minimum absolute atomic E-state index is 0.239. The third-order valence-corrected chi connectivity index (χ3v) is 4.40. The van der Waals surface area contributed by atoms with Crippen LogP contribution < -0.4 is 17.0 Å². The van der Waals surface area contributed by atoms with Gasteiger partial charge in [-0.3, -0.25) is 9.78 Å². The highest BCUT2D eigenvalue weighted by Gasteiger charge is 2.20. The highest BCUT2D eigenvalue weighted by atomic mass is 32.2. The topological polar surface area (TPSA) is 131 Å². The van der Waals surface area contributed by atoms with Gasteiger partial charge in [-0.1, -0.05) is 32.0 Å². The molecule has 0 amide bonds. The molecular weight excluding hydrogens is 306 g/mol. The molecule has 2 aromatic heterocycles. The Labute approximate surface area is 130 Å². The standard InChI is InChI=1S/C13H19N5O3S/c1-4-6(2)9(14)11-17-18-13(21-11)22-5-8-7(3)15-12(20)16-10(8)19/h6,9H,4-5,14H2,1-3H3,(H2,15,16,19,20)/t6-,9-/m0/s1. The second kappa shape index (κ2) is 6.93. The van der Waals surface area contributed by atoms with E-state index in [0.717, 1.165) is 6.42 Å². The number of aryl methyl sites for hydroxylation is 1. The van der Waals surface area contributed by atoms with Gasteiger partial charge in [-0.05, 0) is 12.8 Å². The molecule has 0 fully saturated rings. The second-order valence-corrected chi connectivity index (χ2v) is 6.04. The third-order valence-electron chi connectivity index (χ3n) is 3.56. The van der Waals surface area contributed by atoms with Gasteiger partial charge in [0.1, 0.15) is 0 Å². The van der Waals surface area contributed by atoms with Crippen LogP contribution in [0, 0.1) is 12.8 Å². The highest BCUT2D eigenvalue weighted by molar-refractivity contribution is 7.98. The maximum atomic E-state index is 11.7. The Morgan fingerprint density at radius 3 is 2.68 bits per heavy atom. The molecule has 0 aliphatic heterocycles. The molecule has 22 heavy (non-hydrogen) atoms. The Balaban J connectivity index is 2.09. The zero-order valence-corrected chi connectivity index (χ0v) is 13.5. The third kappa shape index (κ3) is 3.66. The summed E-state index contributed by atoms with van der Waals surface area (Å²) < 4.78 is 5.53. The van der Waals surface area contributed by atoms with Crippen LogP contribution in [0.15, 0.2) is 19.2 Å². The maximum Gasteiger partial charge on any atom is 0.325 e. The molecule has 0 unspecified atom stereocenters. The van der Waals surface area contributed by atoms with E-state index in [0.29, 0.717) is 28.1 Å². The number of aromatic amines is 2. The number of H-pyrrole nitrogens is 2. The van der Waals surface area contributed by atoms with E-state index in [2.05, 4.69) is 20.2 Å².